The molecule has 150 valence electrons. The largest absolute Gasteiger partial charge is 0.350 e. The molecule has 0 radical (unpaired) electrons. The number of nitrogens with zero attached hydrogens (tertiary/aromatic N) is 1. The highest BCUT2D eigenvalue weighted by molar-refractivity contribution is 7.89. The highest BCUT2D eigenvalue weighted by atomic mass is 35.5. The maximum Gasteiger partial charge on any atom is 0.253 e. The molecule has 28 heavy (non-hydrogen) atoms. The van der Waals surface area contributed by atoms with Gasteiger partial charge in [0.2, 0.25) is 15.9 Å². The van der Waals surface area contributed by atoms with Crippen LogP contribution in [0.3, 0.4) is 0 Å². The summed E-state index contributed by atoms with van der Waals surface area (Å²) in [6.45, 7) is 1.54. The molecule has 0 saturated carbocycles. The number of carbonyl (C=O) groups excluding carboxylic acids is 2. The second-order valence-electron chi connectivity index (χ2n) is 6.29. The van der Waals surface area contributed by atoms with E-state index in [0.29, 0.717) is 5.56 Å². The lowest BCUT2D eigenvalue weighted by Crippen LogP contribution is -2.44. The van der Waals surface area contributed by atoms with E-state index in [1.807, 2.05) is 0 Å². The third kappa shape index (κ3) is 5.09. The smallest absolute Gasteiger partial charge is 0.253 e. The summed E-state index contributed by atoms with van der Waals surface area (Å²) in [6, 6.07) is 12.1. The number of sulfonamides is 1. The molecule has 0 aliphatic rings. The summed E-state index contributed by atoms with van der Waals surface area (Å²) < 4.78 is 25.9. The molecule has 7 nitrogen and oxygen atoms in total. The number of halogens is 1. The number of carbonyl (C=O) groups is 2. The van der Waals surface area contributed by atoms with Gasteiger partial charge in [0.25, 0.3) is 5.91 Å². The van der Waals surface area contributed by atoms with Gasteiger partial charge in [-0.1, -0.05) is 41.9 Å². The third-order valence-corrected chi connectivity index (χ3v) is 6.29. The van der Waals surface area contributed by atoms with Crippen molar-refractivity contribution in [1.29, 1.82) is 0 Å². The van der Waals surface area contributed by atoms with E-state index in [9.17, 15) is 18.0 Å². The lowest BCUT2D eigenvalue weighted by Gasteiger charge is -2.17. The van der Waals surface area contributed by atoms with Crippen molar-refractivity contribution in [2.45, 2.75) is 24.4 Å². The second-order valence-corrected chi connectivity index (χ2v) is 8.82. The summed E-state index contributed by atoms with van der Waals surface area (Å²) in [5, 5.41) is 5.51. The van der Waals surface area contributed by atoms with Crippen LogP contribution in [-0.4, -0.2) is 44.7 Å². The Morgan fingerprint density at radius 3 is 2.32 bits per heavy atom. The van der Waals surface area contributed by atoms with Crippen LogP contribution in [-0.2, 0) is 21.4 Å². The molecule has 0 fully saturated rings. The van der Waals surface area contributed by atoms with E-state index in [1.54, 1.807) is 42.5 Å². The van der Waals surface area contributed by atoms with Gasteiger partial charge in [-0.3, -0.25) is 9.59 Å². The molecule has 0 aromatic heterocycles. The van der Waals surface area contributed by atoms with Crippen LogP contribution >= 0.6 is 11.6 Å². The average molecular weight is 424 g/mol. The van der Waals surface area contributed by atoms with Gasteiger partial charge in [-0.15, -0.1) is 0 Å². The Bertz CT molecular complexity index is 977. The Morgan fingerprint density at radius 1 is 1.07 bits per heavy atom. The van der Waals surface area contributed by atoms with Crippen molar-refractivity contribution in [3.05, 3.63) is 64.7 Å². The Hall–Kier alpha value is -2.42. The molecule has 2 rings (SSSR count). The molecule has 9 heteroatoms. The molecule has 0 aliphatic carbocycles. The minimum atomic E-state index is -3.64. The molecule has 2 aromatic rings. The van der Waals surface area contributed by atoms with Crippen LogP contribution in [0.5, 0.6) is 0 Å². The number of benzene rings is 2. The first-order valence-electron chi connectivity index (χ1n) is 8.48. The van der Waals surface area contributed by atoms with E-state index in [4.69, 9.17) is 11.6 Å². The van der Waals surface area contributed by atoms with E-state index in [0.717, 1.165) is 4.31 Å². The third-order valence-electron chi connectivity index (χ3n) is 4.04. The van der Waals surface area contributed by atoms with Crippen LogP contribution < -0.4 is 10.6 Å². The lowest BCUT2D eigenvalue weighted by atomic mass is 10.2. The fourth-order valence-electron chi connectivity index (χ4n) is 2.42. The highest BCUT2D eigenvalue weighted by Gasteiger charge is 2.22. The molecule has 2 N–H and O–H groups in total. The van der Waals surface area contributed by atoms with E-state index in [1.165, 1.54) is 27.1 Å². The molecule has 1 atom stereocenters. The van der Waals surface area contributed by atoms with Gasteiger partial charge < -0.3 is 10.6 Å². The molecular formula is C19H22ClN3O4S. The summed E-state index contributed by atoms with van der Waals surface area (Å²) in [7, 11) is -0.755. The first kappa shape index (κ1) is 21.9. The number of rotatable bonds is 7. The standard InChI is InChI=1S/C19H22ClN3O4S/c1-13(22-19(25)15-9-5-6-10-16(15)20)18(24)21-12-14-8-4-7-11-17(14)28(26,27)23(2)3/h4-11,13H,12H2,1-3H3,(H,21,24)(H,22,25). The first-order valence-corrected chi connectivity index (χ1v) is 10.3. The van der Waals surface area contributed by atoms with Gasteiger partial charge >= 0.3 is 0 Å². The van der Waals surface area contributed by atoms with Gasteiger partial charge in [-0.25, -0.2) is 12.7 Å². The molecule has 0 heterocycles. The van der Waals surface area contributed by atoms with Crippen LogP contribution in [0.4, 0.5) is 0 Å². The van der Waals surface area contributed by atoms with E-state index >= 15 is 0 Å². The molecule has 2 amide bonds. The van der Waals surface area contributed by atoms with Crippen molar-refractivity contribution in [2.24, 2.45) is 0 Å². The average Bonchev–Trinajstić information content (AvgIpc) is 2.66. The van der Waals surface area contributed by atoms with Gasteiger partial charge in [-0.2, -0.15) is 0 Å². The van der Waals surface area contributed by atoms with E-state index < -0.39 is 27.9 Å². The SMILES string of the molecule is CC(NC(=O)c1ccccc1Cl)C(=O)NCc1ccccc1S(=O)(=O)N(C)C. The van der Waals surface area contributed by atoms with Crippen LogP contribution in [0, 0.1) is 0 Å². The predicted octanol–water partition coefficient (Wildman–Crippen LogP) is 2.03. The Balaban J connectivity index is 2.05. The molecule has 2 aromatic carbocycles. The summed E-state index contributed by atoms with van der Waals surface area (Å²) >= 11 is 5.99. The maximum atomic E-state index is 12.4. The van der Waals surface area contributed by atoms with Crippen molar-refractivity contribution in [3.63, 3.8) is 0 Å². The summed E-state index contributed by atoms with van der Waals surface area (Å²) in [6.07, 6.45) is 0. The Kier molecular flexibility index (Phi) is 7.17. The number of hydrogen-bond acceptors (Lipinski definition) is 4. The fraction of sp³-hybridized carbons (Fsp3) is 0.263. The molecule has 0 saturated heterocycles. The molecule has 0 aliphatic heterocycles. The van der Waals surface area contributed by atoms with Gasteiger partial charge in [0.1, 0.15) is 6.04 Å². The minimum Gasteiger partial charge on any atom is -0.350 e. The van der Waals surface area contributed by atoms with Gasteiger partial charge in [0, 0.05) is 20.6 Å². The number of hydrogen-bond donors (Lipinski definition) is 2. The lowest BCUT2D eigenvalue weighted by molar-refractivity contribution is -0.122. The molecule has 1 unspecified atom stereocenters. The van der Waals surface area contributed by atoms with E-state index in [-0.39, 0.29) is 22.0 Å². The van der Waals surface area contributed by atoms with Crippen molar-refractivity contribution in [1.82, 2.24) is 14.9 Å². The monoisotopic (exact) mass is 423 g/mol. The van der Waals surface area contributed by atoms with E-state index in [2.05, 4.69) is 10.6 Å². The Morgan fingerprint density at radius 2 is 1.68 bits per heavy atom. The molecule has 0 spiro atoms. The number of amides is 2. The zero-order valence-electron chi connectivity index (χ0n) is 15.8. The summed E-state index contributed by atoms with van der Waals surface area (Å²) in [4.78, 5) is 24.7. The highest BCUT2D eigenvalue weighted by Crippen LogP contribution is 2.18. The molecule has 0 bridgehead atoms. The normalized spacial score (nSPS) is 12.5. The molecular weight excluding hydrogens is 402 g/mol. The zero-order chi connectivity index (χ0) is 20.9. The van der Waals surface area contributed by atoms with Crippen LogP contribution in [0.25, 0.3) is 0 Å². The van der Waals surface area contributed by atoms with Gasteiger partial charge in [-0.05, 0) is 30.7 Å². The zero-order valence-corrected chi connectivity index (χ0v) is 17.3. The van der Waals surface area contributed by atoms with Crippen molar-refractivity contribution < 1.29 is 18.0 Å². The van der Waals surface area contributed by atoms with Gasteiger partial charge in [0.15, 0.2) is 0 Å². The second kappa shape index (κ2) is 9.18. The number of nitrogens with one attached hydrogen (secondary N) is 2. The van der Waals surface area contributed by atoms with Crippen molar-refractivity contribution >= 4 is 33.4 Å². The maximum absolute atomic E-state index is 12.4. The van der Waals surface area contributed by atoms with Crippen LogP contribution in [0.2, 0.25) is 5.02 Å². The Labute approximate surface area is 169 Å². The minimum absolute atomic E-state index is 0.00831. The van der Waals surface area contributed by atoms with Crippen LogP contribution in [0.15, 0.2) is 53.4 Å². The van der Waals surface area contributed by atoms with Gasteiger partial charge in [0.05, 0.1) is 15.5 Å². The predicted molar refractivity (Wildman–Crippen MR) is 108 cm³/mol. The van der Waals surface area contributed by atoms with Crippen molar-refractivity contribution in [3.8, 4) is 0 Å². The summed E-state index contributed by atoms with van der Waals surface area (Å²) in [5.74, 6) is -0.915. The quantitative estimate of drug-likeness (QED) is 0.712. The van der Waals surface area contributed by atoms with Crippen molar-refractivity contribution in [2.75, 3.05) is 14.1 Å². The summed E-state index contributed by atoms with van der Waals surface area (Å²) in [5.41, 5.74) is 0.723. The fourth-order valence-corrected chi connectivity index (χ4v) is 3.76. The van der Waals surface area contributed by atoms with Crippen LogP contribution in [0.1, 0.15) is 22.8 Å². The topological polar surface area (TPSA) is 95.6 Å². The first-order chi connectivity index (χ1) is 13.1.